The zero-order valence-corrected chi connectivity index (χ0v) is 13.9. The lowest BCUT2D eigenvalue weighted by molar-refractivity contribution is -0.154. The number of carboxylic acids is 1. The second kappa shape index (κ2) is 7.04. The molecule has 6 nitrogen and oxygen atoms in total. The van der Waals surface area contributed by atoms with E-state index >= 15 is 0 Å². The molecule has 1 aromatic carbocycles. The standard InChI is InChI=1S/C18H20FN3O3/c1-12(10-21-9-8-20-11-21)22-16(23)7-6-14(18(24)25)17(22)13-4-2-3-5-15(13)19/h2-5,8-9,11-12,14,17H,6-7,10H2,1H3,(H,24,25). The van der Waals surface area contributed by atoms with Crippen LogP contribution >= 0.6 is 0 Å². The Bertz CT molecular complexity index is 763. The fraction of sp³-hybridized carbons (Fsp3) is 0.389. The SMILES string of the molecule is CC(Cn1ccnc1)N1C(=O)CCC(C(=O)O)C1c1ccccc1F. The minimum absolute atomic E-state index is 0.149. The van der Waals surface area contributed by atoms with E-state index in [1.54, 1.807) is 36.9 Å². The Morgan fingerprint density at radius 1 is 1.44 bits per heavy atom. The van der Waals surface area contributed by atoms with Crippen molar-refractivity contribution in [2.45, 2.75) is 38.4 Å². The normalized spacial score (nSPS) is 22.0. The number of benzene rings is 1. The van der Waals surface area contributed by atoms with E-state index in [4.69, 9.17) is 0 Å². The Hall–Kier alpha value is -2.70. The second-order valence-electron chi connectivity index (χ2n) is 6.36. The van der Waals surface area contributed by atoms with Gasteiger partial charge in [0.1, 0.15) is 5.82 Å². The minimum Gasteiger partial charge on any atom is -0.481 e. The number of piperidine rings is 1. The summed E-state index contributed by atoms with van der Waals surface area (Å²) in [6.07, 6.45) is 5.41. The number of aliphatic carboxylic acids is 1. The van der Waals surface area contributed by atoms with E-state index in [-0.39, 0.29) is 30.4 Å². The molecule has 1 aliphatic rings. The number of imidazole rings is 1. The van der Waals surface area contributed by atoms with E-state index in [0.29, 0.717) is 6.54 Å². The van der Waals surface area contributed by atoms with E-state index in [1.165, 1.54) is 11.0 Å². The van der Waals surface area contributed by atoms with E-state index in [9.17, 15) is 19.1 Å². The van der Waals surface area contributed by atoms with Crippen molar-refractivity contribution in [1.82, 2.24) is 14.5 Å². The summed E-state index contributed by atoms with van der Waals surface area (Å²) < 4.78 is 16.2. The van der Waals surface area contributed by atoms with Gasteiger partial charge in [0.15, 0.2) is 0 Å². The summed E-state index contributed by atoms with van der Waals surface area (Å²) in [5.41, 5.74) is 0.250. The average molecular weight is 345 g/mol. The van der Waals surface area contributed by atoms with Crippen molar-refractivity contribution in [2.75, 3.05) is 0 Å². The third kappa shape index (κ3) is 3.40. The van der Waals surface area contributed by atoms with Crippen molar-refractivity contribution in [2.24, 2.45) is 5.92 Å². The topological polar surface area (TPSA) is 75.4 Å². The lowest BCUT2D eigenvalue weighted by atomic mass is 9.83. The molecule has 0 bridgehead atoms. The third-order valence-corrected chi connectivity index (χ3v) is 4.69. The van der Waals surface area contributed by atoms with Gasteiger partial charge < -0.3 is 14.6 Å². The fourth-order valence-corrected chi connectivity index (χ4v) is 3.56. The second-order valence-corrected chi connectivity index (χ2v) is 6.36. The van der Waals surface area contributed by atoms with Crippen LogP contribution < -0.4 is 0 Å². The van der Waals surface area contributed by atoms with Crippen LogP contribution in [0.3, 0.4) is 0 Å². The van der Waals surface area contributed by atoms with Crippen LogP contribution in [0.1, 0.15) is 31.4 Å². The molecule has 0 radical (unpaired) electrons. The molecule has 1 fully saturated rings. The maximum absolute atomic E-state index is 14.4. The highest BCUT2D eigenvalue weighted by Gasteiger charge is 2.43. The molecule has 2 heterocycles. The molecule has 1 aromatic heterocycles. The van der Waals surface area contributed by atoms with Crippen molar-refractivity contribution in [3.05, 3.63) is 54.4 Å². The van der Waals surface area contributed by atoms with E-state index in [1.807, 2.05) is 11.5 Å². The molecular formula is C18H20FN3O3. The first kappa shape index (κ1) is 17.1. The summed E-state index contributed by atoms with van der Waals surface area (Å²) in [4.78, 5) is 29.9. The van der Waals surface area contributed by atoms with Gasteiger partial charge in [-0.25, -0.2) is 9.37 Å². The molecule has 3 unspecified atom stereocenters. The van der Waals surface area contributed by atoms with Gasteiger partial charge in [-0.2, -0.15) is 0 Å². The van der Waals surface area contributed by atoms with Crippen molar-refractivity contribution < 1.29 is 19.1 Å². The van der Waals surface area contributed by atoms with Crippen LogP contribution in [0.5, 0.6) is 0 Å². The van der Waals surface area contributed by atoms with Gasteiger partial charge in [-0.3, -0.25) is 9.59 Å². The first-order valence-electron chi connectivity index (χ1n) is 8.23. The molecule has 3 atom stereocenters. The monoisotopic (exact) mass is 345 g/mol. The quantitative estimate of drug-likeness (QED) is 0.903. The average Bonchev–Trinajstić information content (AvgIpc) is 3.07. The van der Waals surface area contributed by atoms with Gasteiger partial charge in [0.25, 0.3) is 0 Å². The first-order valence-corrected chi connectivity index (χ1v) is 8.23. The molecule has 0 aliphatic carbocycles. The summed E-state index contributed by atoms with van der Waals surface area (Å²) in [6.45, 7) is 2.30. The maximum Gasteiger partial charge on any atom is 0.308 e. The third-order valence-electron chi connectivity index (χ3n) is 4.69. The number of hydrogen-bond acceptors (Lipinski definition) is 3. The Kier molecular flexibility index (Phi) is 4.83. The summed E-state index contributed by atoms with van der Waals surface area (Å²) >= 11 is 0. The summed E-state index contributed by atoms with van der Waals surface area (Å²) in [7, 11) is 0. The van der Waals surface area contributed by atoms with Gasteiger partial charge in [0, 0.05) is 37.0 Å². The fourth-order valence-electron chi connectivity index (χ4n) is 3.56. The van der Waals surface area contributed by atoms with Crippen LogP contribution in [0.2, 0.25) is 0 Å². The van der Waals surface area contributed by atoms with Gasteiger partial charge >= 0.3 is 5.97 Å². The van der Waals surface area contributed by atoms with Gasteiger partial charge in [-0.15, -0.1) is 0 Å². The largest absolute Gasteiger partial charge is 0.481 e. The molecule has 0 saturated carbocycles. The number of hydrogen-bond donors (Lipinski definition) is 1. The number of carboxylic acid groups (broad SMARTS) is 1. The number of nitrogens with zero attached hydrogens (tertiary/aromatic N) is 3. The molecule has 1 aliphatic heterocycles. The first-order chi connectivity index (χ1) is 12.0. The zero-order chi connectivity index (χ0) is 18.0. The number of aromatic nitrogens is 2. The zero-order valence-electron chi connectivity index (χ0n) is 13.9. The molecule has 3 rings (SSSR count). The highest BCUT2D eigenvalue weighted by molar-refractivity contribution is 5.82. The number of carbonyl (C=O) groups excluding carboxylic acids is 1. The lowest BCUT2D eigenvalue weighted by Crippen LogP contribution is -2.50. The van der Waals surface area contributed by atoms with Crippen LogP contribution in [0.4, 0.5) is 4.39 Å². The predicted molar refractivity (Wildman–Crippen MR) is 88.0 cm³/mol. The minimum atomic E-state index is -1.01. The van der Waals surface area contributed by atoms with Crippen molar-refractivity contribution in [1.29, 1.82) is 0 Å². The van der Waals surface area contributed by atoms with Gasteiger partial charge in [-0.1, -0.05) is 18.2 Å². The Balaban J connectivity index is 1.99. The summed E-state index contributed by atoms with van der Waals surface area (Å²) in [5.74, 6) is -2.49. The molecule has 0 spiro atoms. The summed E-state index contributed by atoms with van der Waals surface area (Å²) in [6, 6.07) is 4.96. The Morgan fingerprint density at radius 3 is 2.84 bits per heavy atom. The number of carbonyl (C=O) groups is 2. The molecule has 1 amide bonds. The van der Waals surface area contributed by atoms with E-state index < -0.39 is 23.7 Å². The smallest absolute Gasteiger partial charge is 0.308 e. The molecule has 2 aromatic rings. The summed E-state index contributed by atoms with van der Waals surface area (Å²) in [5, 5.41) is 9.63. The molecule has 1 saturated heterocycles. The van der Waals surface area contributed by atoms with E-state index in [2.05, 4.69) is 4.98 Å². The van der Waals surface area contributed by atoms with Crippen molar-refractivity contribution in [3.63, 3.8) is 0 Å². The van der Waals surface area contributed by atoms with Gasteiger partial charge in [0.2, 0.25) is 5.91 Å². The maximum atomic E-state index is 14.4. The van der Waals surface area contributed by atoms with Crippen LogP contribution in [-0.2, 0) is 16.1 Å². The molecule has 25 heavy (non-hydrogen) atoms. The molecular weight excluding hydrogens is 325 g/mol. The van der Waals surface area contributed by atoms with Crippen molar-refractivity contribution >= 4 is 11.9 Å². The number of amides is 1. The number of likely N-dealkylation sites (tertiary alicyclic amines) is 1. The van der Waals surface area contributed by atoms with Crippen LogP contribution in [0, 0.1) is 11.7 Å². The van der Waals surface area contributed by atoms with Gasteiger partial charge in [-0.05, 0) is 19.4 Å². The molecule has 132 valence electrons. The Morgan fingerprint density at radius 2 is 2.20 bits per heavy atom. The van der Waals surface area contributed by atoms with Crippen molar-refractivity contribution in [3.8, 4) is 0 Å². The number of halogens is 1. The molecule has 1 N–H and O–H groups in total. The highest BCUT2D eigenvalue weighted by atomic mass is 19.1. The highest BCUT2D eigenvalue weighted by Crippen LogP contribution is 2.39. The van der Waals surface area contributed by atoms with Crippen LogP contribution in [-0.4, -0.2) is 37.5 Å². The van der Waals surface area contributed by atoms with Crippen LogP contribution in [0.25, 0.3) is 0 Å². The van der Waals surface area contributed by atoms with E-state index in [0.717, 1.165) is 0 Å². The van der Waals surface area contributed by atoms with Gasteiger partial charge in [0.05, 0.1) is 18.3 Å². The Labute approximate surface area is 144 Å². The number of rotatable bonds is 5. The van der Waals surface area contributed by atoms with Crippen LogP contribution in [0.15, 0.2) is 43.0 Å². The molecule has 7 heteroatoms. The lowest BCUT2D eigenvalue weighted by Gasteiger charge is -2.43. The predicted octanol–water partition coefficient (Wildman–Crippen LogP) is 2.48.